The van der Waals surface area contributed by atoms with E-state index in [1.165, 1.54) is 0 Å². The second kappa shape index (κ2) is 9.41. The molecule has 1 aliphatic carbocycles. The Morgan fingerprint density at radius 3 is 2.76 bits per heavy atom. The van der Waals surface area contributed by atoms with Gasteiger partial charge in [0.15, 0.2) is 0 Å². The van der Waals surface area contributed by atoms with Crippen LogP contribution in [-0.2, 0) is 23.2 Å². The molecule has 7 nitrogen and oxygen atoms in total. The number of amides is 2. The van der Waals surface area contributed by atoms with Gasteiger partial charge < -0.3 is 16.0 Å². The van der Waals surface area contributed by atoms with Gasteiger partial charge in [-0.05, 0) is 36.1 Å². The summed E-state index contributed by atoms with van der Waals surface area (Å²) < 4.78 is 1.77. The summed E-state index contributed by atoms with van der Waals surface area (Å²) >= 11 is 0. The highest BCUT2D eigenvalue weighted by atomic mass is 35.5. The Kier molecular flexibility index (Phi) is 6.92. The topological polar surface area (TPSA) is 88.0 Å². The summed E-state index contributed by atoms with van der Waals surface area (Å²) in [5.41, 5.74) is 2.86. The van der Waals surface area contributed by atoms with Crippen LogP contribution in [0.1, 0.15) is 36.3 Å². The molecule has 1 saturated carbocycles. The van der Waals surface area contributed by atoms with Crippen LogP contribution >= 0.6 is 12.4 Å². The molecular formula is C21H28ClN5O2. The lowest BCUT2D eigenvalue weighted by atomic mass is 9.85. The molecule has 3 N–H and O–H groups in total. The third kappa shape index (κ3) is 4.97. The number of carbonyl (C=O) groups is 2. The molecule has 1 aliphatic heterocycles. The van der Waals surface area contributed by atoms with Gasteiger partial charge in [0.05, 0.1) is 12.1 Å². The van der Waals surface area contributed by atoms with Crippen LogP contribution in [0.3, 0.4) is 0 Å². The minimum atomic E-state index is -0.106. The summed E-state index contributed by atoms with van der Waals surface area (Å²) in [6.07, 6.45) is 6.92. The summed E-state index contributed by atoms with van der Waals surface area (Å²) in [6.45, 7) is 1.90. The molecular weight excluding hydrogens is 390 g/mol. The van der Waals surface area contributed by atoms with Crippen LogP contribution in [0.25, 0.3) is 0 Å². The fourth-order valence-electron chi connectivity index (χ4n) is 3.93. The number of anilines is 1. The number of halogens is 1. The fourth-order valence-corrected chi connectivity index (χ4v) is 3.93. The zero-order valence-electron chi connectivity index (χ0n) is 16.6. The van der Waals surface area contributed by atoms with Gasteiger partial charge in [-0.25, -0.2) is 0 Å². The third-order valence-corrected chi connectivity index (χ3v) is 5.84. The smallest absolute Gasteiger partial charge is 0.227 e. The van der Waals surface area contributed by atoms with Crippen LogP contribution in [0, 0.1) is 11.8 Å². The molecule has 156 valence electrons. The SMILES string of the molecule is Cl.Cn1cc([C@H]2CNC[C@@H]2C(=O)NCc2cccc(NC(=O)C3CCC3)c2)cn1. The van der Waals surface area contributed by atoms with Gasteiger partial charge in [0, 0.05) is 50.4 Å². The largest absolute Gasteiger partial charge is 0.352 e. The summed E-state index contributed by atoms with van der Waals surface area (Å²) in [6, 6.07) is 7.70. The first-order valence-corrected chi connectivity index (χ1v) is 9.97. The molecule has 0 radical (unpaired) electrons. The van der Waals surface area contributed by atoms with E-state index in [9.17, 15) is 9.59 Å². The summed E-state index contributed by atoms with van der Waals surface area (Å²) in [4.78, 5) is 24.9. The molecule has 4 rings (SSSR count). The number of carbonyl (C=O) groups excluding carboxylic acids is 2. The van der Waals surface area contributed by atoms with Crippen molar-refractivity contribution in [2.75, 3.05) is 18.4 Å². The molecule has 2 aliphatic rings. The monoisotopic (exact) mass is 417 g/mol. The number of aromatic nitrogens is 2. The van der Waals surface area contributed by atoms with Crippen molar-refractivity contribution >= 4 is 29.9 Å². The number of hydrogen-bond donors (Lipinski definition) is 3. The number of nitrogens with one attached hydrogen (secondary N) is 3. The van der Waals surface area contributed by atoms with E-state index in [-0.39, 0.29) is 42.0 Å². The summed E-state index contributed by atoms with van der Waals surface area (Å²) in [7, 11) is 1.89. The van der Waals surface area contributed by atoms with Gasteiger partial charge in [0.2, 0.25) is 11.8 Å². The molecule has 1 saturated heterocycles. The molecule has 1 aromatic carbocycles. The lowest BCUT2D eigenvalue weighted by molar-refractivity contribution is -0.125. The maximum atomic E-state index is 12.8. The van der Waals surface area contributed by atoms with Gasteiger partial charge in [0.25, 0.3) is 0 Å². The lowest BCUT2D eigenvalue weighted by Gasteiger charge is -2.24. The lowest BCUT2D eigenvalue weighted by Crippen LogP contribution is -2.34. The van der Waals surface area contributed by atoms with E-state index in [4.69, 9.17) is 0 Å². The van der Waals surface area contributed by atoms with E-state index in [2.05, 4.69) is 21.0 Å². The summed E-state index contributed by atoms with van der Waals surface area (Å²) in [5.74, 6) is 0.335. The van der Waals surface area contributed by atoms with Crippen molar-refractivity contribution in [2.45, 2.75) is 31.7 Å². The van der Waals surface area contributed by atoms with Gasteiger partial charge in [-0.1, -0.05) is 18.6 Å². The first kappa shape index (κ1) is 21.3. The predicted molar refractivity (Wildman–Crippen MR) is 114 cm³/mol. The normalized spacial score (nSPS) is 21.1. The van der Waals surface area contributed by atoms with Gasteiger partial charge in [-0.15, -0.1) is 12.4 Å². The van der Waals surface area contributed by atoms with Crippen LogP contribution in [0.15, 0.2) is 36.7 Å². The van der Waals surface area contributed by atoms with Crippen LogP contribution in [0.4, 0.5) is 5.69 Å². The molecule has 8 heteroatoms. The van der Waals surface area contributed by atoms with Crippen molar-refractivity contribution in [2.24, 2.45) is 18.9 Å². The predicted octanol–water partition coefficient (Wildman–Crippen LogP) is 2.20. The molecule has 29 heavy (non-hydrogen) atoms. The maximum Gasteiger partial charge on any atom is 0.227 e. The number of benzene rings is 1. The average molecular weight is 418 g/mol. The van der Waals surface area contributed by atoms with E-state index in [0.717, 1.165) is 42.6 Å². The van der Waals surface area contributed by atoms with Crippen LogP contribution < -0.4 is 16.0 Å². The Hall–Kier alpha value is -2.38. The van der Waals surface area contributed by atoms with Gasteiger partial charge in [0.1, 0.15) is 0 Å². The van der Waals surface area contributed by atoms with Crippen LogP contribution in [0.5, 0.6) is 0 Å². The van der Waals surface area contributed by atoms with E-state index in [1.807, 2.05) is 43.7 Å². The van der Waals surface area contributed by atoms with Crippen molar-refractivity contribution in [3.8, 4) is 0 Å². The molecule has 2 fully saturated rings. The number of hydrogen-bond acceptors (Lipinski definition) is 4. The van der Waals surface area contributed by atoms with Gasteiger partial charge >= 0.3 is 0 Å². The molecule has 0 bridgehead atoms. The third-order valence-electron chi connectivity index (χ3n) is 5.84. The van der Waals surface area contributed by atoms with Crippen molar-refractivity contribution < 1.29 is 9.59 Å². The van der Waals surface area contributed by atoms with E-state index in [1.54, 1.807) is 4.68 Å². The molecule has 0 unspecified atom stereocenters. The molecule has 2 aromatic rings. The van der Waals surface area contributed by atoms with Crippen molar-refractivity contribution in [1.29, 1.82) is 0 Å². The Bertz CT molecular complexity index is 864. The first-order chi connectivity index (χ1) is 13.6. The summed E-state index contributed by atoms with van der Waals surface area (Å²) in [5, 5.41) is 13.6. The van der Waals surface area contributed by atoms with Gasteiger partial charge in [-0.3, -0.25) is 14.3 Å². The maximum absolute atomic E-state index is 12.8. The minimum absolute atomic E-state index is 0. The van der Waals surface area contributed by atoms with Crippen molar-refractivity contribution in [1.82, 2.24) is 20.4 Å². The minimum Gasteiger partial charge on any atom is -0.352 e. The van der Waals surface area contributed by atoms with Crippen molar-refractivity contribution in [3.63, 3.8) is 0 Å². The van der Waals surface area contributed by atoms with Crippen LogP contribution in [0.2, 0.25) is 0 Å². The van der Waals surface area contributed by atoms with E-state index >= 15 is 0 Å². The molecule has 2 amide bonds. The Morgan fingerprint density at radius 2 is 2.07 bits per heavy atom. The Morgan fingerprint density at radius 1 is 1.24 bits per heavy atom. The quantitative estimate of drug-likeness (QED) is 0.672. The molecule has 0 spiro atoms. The zero-order chi connectivity index (χ0) is 19.5. The van der Waals surface area contributed by atoms with E-state index in [0.29, 0.717) is 13.1 Å². The van der Waals surface area contributed by atoms with Crippen molar-refractivity contribution in [3.05, 3.63) is 47.8 Å². The zero-order valence-corrected chi connectivity index (χ0v) is 17.4. The van der Waals surface area contributed by atoms with E-state index < -0.39 is 0 Å². The highest BCUT2D eigenvalue weighted by Crippen LogP contribution is 2.29. The highest BCUT2D eigenvalue weighted by molar-refractivity contribution is 5.93. The van der Waals surface area contributed by atoms with Crippen LogP contribution in [-0.4, -0.2) is 34.7 Å². The number of nitrogens with zero attached hydrogens (tertiary/aromatic N) is 2. The number of aryl methyl sites for hydroxylation is 1. The Labute approximate surface area is 177 Å². The molecule has 2 atom stereocenters. The second-order valence-electron chi connectivity index (χ2n) is 7.85. The molecule has 2 heterocycles. The average Bonchev–Trinajstić information content (AvgIpc) is 3.27. The standard InChI is InChI=1S/C21H27N5O2.ClH/c1-26-13-16(10-24-26)18-11-22-12-19(18)21(28)23-9-14-4-2-7-17(8-14)25-20(27)15-5-3-6-15;/h2,4,7-8,10,13,15,18-19,22H,3,5-6,9,11-12H2,1H3,(H,23,28)(H,25,27);1H/t18-,19+;/m1./s1. The first-order valence-electron chi connectivity index (χ1n) is 9.97. The second-order valence-corrected chi connectivity index (χ2v) is 7.85. The van der Waals surface area contributed by atoms with Gasteiger partial charge in [-0.2, -0.15) is 5.10 Å². The number of rotatable bonds is 6. The molecule has 1 aromatic heterocycles. The highest BCUT2D eigenvalue weighted by Gasteiger charge is 2.34. The fraction of sp³-hybridized carbons (Fsp3) is 0.476. The Balaban J connectivity index is 0.00000240.